The normalized spacial score (nSPS) is 10.4. The molecule has 0 N–H and O–H groups in total. The van der Waals surface area contributed by atoms with Crippen LogP contribution in [0.5, 0.6) is 0 Å². The monoisotopic (exact) mass is 384 g/mol. The Morgan fingerprint density at radius 3 is 2.85 bits per heavy atom. The standard InChI is InChI=1S/C17H16N6OS2/c18-9-11-22(14-5-2-1-3-6-14)16(24)13-26-17-19-20-21-23(17)10-8-15-7-4-12-25-15/h1-7,12H,8,10-11,13H2. The first-order valence-corrected chi connectivity index (χ1v) is 9.78. The summed E-state index contributed by atoms with van der Waals surface area (Å²) in [5.41, 5.74) is 0.705. The number of para-hydroxylation sites is 1. The van der Waals surface area contributed by atoms with Gasteiger partial charge in [-0.05, 0) is 34.0 Å². The molecule has 0 saturated heterocycles. The molecule has 26 heavy (non-hydrogen) atoms. The molecule has 1 aromatic carbocycles. The van der Waals surface area contributed by atoms with E-state index in [2.05, 4.69) is 21.6 Å². The molecule has 0 aliphatic carbocycles. The molecule has 9 heteroatoms. The smallest absolute Gasteiger partial charge is 0.238 e. The highest BCUT2D eigenvalue weighted by molar-refractivity contribution is 7.99. The lowest BCUT2D eigenvalue weighted by molar-refractivity contribution is -0.116. The number of amides is 1. The minimum absolute atomic E-state index is 0.00667. The summed E-state index contributed by atoms with van der Waals surface area (Å²) in [4.78, 5) is 15.3. The molecule has 0 bridgehead atoms. The second kappa shape index (κ2) is 9.12. The number of thioether (sulfide) groups is 1. The Bertz CT molecular complexity index is 872. The second-order valence-electron chi connectivity index (χ2n) is 5.28. The average molecular weight is 384 g/mol. The molecule has 132 valence electrons. The van der Waals surface area contributed by atoms with Gasteiger partial charge in [0.05, 0.1) is 18.4 Å². The van der Waals surface area contributed by atoms with Crippen LogP contribution < -0.4 is 4.90 Å². The summed E-state index contributed by atoms with van der Waals surface area (Å²) in [6, 6.07) is 15.3. The van der Waals surface area contributed by atoms with E-state index in [0.29, 0.717) is 17.4 Å². The zero-order chi connectivity index (χ0) is 18.2. The Balaban J connectivity index is 1.60. The van der Waals surface area contributed by atoms with Gasteiger partial charge in [0, 0.05) is 17.0 Å². The molecule has 0 aliphatic heterocycles. The highest BCUT2D eigenvalue weighted by atomic mass is 32.2. The molecule has 0 spiro atoms. The largest absolute Gasteiger partial charge is 0.298 e. The molecule has 0 atom stereocenters. The number of tetrazole rings is 1. The van der Waals surface area contributed by atoms with Gasteiger partial charge < -0.3 is 0 Å². The topological polar surface area (TPSA) is 87.7 Å². The number of aromatic nitrogens is 4. The second-order valence-corrected chi connectivity index (χ2v) is 7.25. The summed E-state index contributed by atoms with van der Waals surface area (Å²) < 4.78 is 1.70. The van der Waals surface area contributed by atoms with Gasteiger partial charge in [-0.25, -0.2) is 4.68 Å². The Kier molecular flexibility index (Phi) is 6.35. The van der Waals surface area contributed by atoms with Gasteiger partial charge in [-0.1, -0.05) is 36.0 Å². The van der Waals surface area contributed by atoms with E-state index in [-0.39, 0.29) is 18.2 Å². The van der Waals surface area contributed by atoms with Gasteiger partial charge in [-0.2, -0.15) is 5.26 Å². The third kappa shape index (κ3) is 4.68. The lowest BCUT2D eigenvalue weighted by Gasteiger charge is -2.19. The summed E-state index contributed by atoms with van der Waals surface area (Å²) in [6.45, 7) is 0.664. The van der Waals surface area contributed by atoms with Crippen LogP contribution in [-0.2, 0) is 17.8 Å². The zero-order valence-corrected chi connectivity index (χ0v) is 15.5. The zero-order valence-electron chi connectivity index (χ0n) is 13.9. The van der Waals surface area contributed by atoms with Gasteiger partial charge in [0.2, 0.25) is 11.1 Å². The first-order valence-electron chi connectivity index (χ1n) is 7.91. The third-order valence-corrected chi connectivity index (χ3v) is 5.45. The Labute approximate surface area is 159 Å². The van der Waals surface area contributed by atoms with E-state index in [0.717, 1.165) is 6.42 Å². The molecular weight excluding hydrogens is 368 g/mol. The van der Waals surface area contributed by atoms with E-state index in [4.69, 9.17) is 5.26 Å². The molecule has 3 aromatic rings. The van der Waals surface area contributed by atoms with Crippen molar-refractivity contribution in [1.29, 1.82) is 5.26 Å². The van der Waals surface area contributed by atoms with E-state index < -0.39 is 0 Å². The number of benzene rings is 1. The Morgan fingerprint density at radius 1 is 1.27 bits per heavy atom. The van der Waals surface area contributed by atoms with E-state index >= 15 is 0 Å². The summed E-state index contributed by atoms with van der Waals surface area (Å²) in [6.07, 6.45) is 0.842. The van der Waals surface area contributed by atoms with Gasteiger partial charge in [0.1, 0.15) is 6.54 Å². The number of nitriles is 1. The first kappa shape index (κ1) is 18.1. The van der Waals surface area contributed by atoms with Gasteiger partial charge >= 0.3 is 0 Å². The molecule has 2 heterocycles. The van der Waals surface area contributed by atoms with Crippen LogP contribution in [-0.4, -0.2) is 38.4 Å². The summed E-state index contributed by atoms with van der Waals surface area (Å²) >= 11 is 2.97. The third-order valence-electron chi connectivity index (χ3n) is 3.57. The molecule has 0 saturated carbocycles. The number of carbonyl (C=O) groups excluding carboxylic acids is 1. The van der Waals surface area contributed by atoms with Crippen LogP contribution in [0.25, 0.3) is 0 Å². The van der Waals surface area contributed by atoms with Crippen molar-refractivity contribution in [2.24, 2.45) is 0 Å². The maximum absolute atomic E-state index is 12.6. The predicted octanol–water partition coefficient (Wildman–Crippen LogP) is 2.63. The van der Waals surface area contributed by atoms with Crippen LogP contribution in [0.1, 0.15) is 4.88 Å². The van der Waals surface area contributed by atoms with E-state index in [9.17, 15) is 4.79 Å². The highest BCUT2D eigenvalue weighted by Gasteiger charge is 2.17. The number of aryl methyl sites for hydroxylation is 2. The number of rotatable bonds is 8. The quantitative estimate of drug-likeness (QED) is 0.438. The molecule has 1 amide bonds. The fourth-order valence-electron chi connectivity index (χ4n) is 2.32. The van der Waals surface area contributed by atoms with Crippen molar-refractivity contribution in [2.45, 2.75) is 18.1 Å². The molecule has 0 aliphatic rings. The van der Waals surface area contributed by atoms with Crippen molar-refractivity contribution in [3.8, 4) is 6.07 Å². The van der Waals surface area contributed by atoms with Crippen molar-refractivity contribution >= 4 is 34.7 Å². The molecular formula is C17H16N6OS2. The SMILES string of the molecule is N#CCN(C(=O)CSc1nnnn1CCc1cccs1)c1ccccc1. The number of hydrogen-bond donors (Lipinski definition) is 0. The van der Waals surface area contributed by atoms with Gasteiger partial charge in [0.15, 0.2) is 0 Å². The minimum Gasteiger partial charge on any atom is -0.298 e. The van der Waals surface area contributed by atoms with Crippen molar-refractivity contribution in [2.75, 3.05) is 17.2 Å². The summed E-state index contributed by atoms with van der Waals surface area (Å²) in [5.74, 6) is 0.00576. The van der Waals surface area contributed by atoms with Gasteiger partial charge in [-0.3, -0.25) is 9.69 Å². The summed E-state index contributed by atoms with van der Waals surface area (Å²) in [7, 11) is 0. The van der Waals surface area contributed by atoms with E-state index in [1.807, 2.05) is 47.8 Å². The molecule has 2 aromatic heterocycles. The lowest BCUT2D eigenvalue weighted by atomic mass is 10.3. The Hall–Kier alpha value is -2.70. The van der Waals surface area contributed by atoms with Crippen LogP contribution in [0.15, 0.2) is 53.0 Å². The molecule has 0 radical (unpaired) electrons. The number of anilines is 1. The van der Waals surface area contributed by atoms with Crippen LogP contribution in [0.2, 0.25) is 0 Å². The molecule has 0 unspecified atom stereocenters. The molecule has 7 nitrogen and oxygen atoms in total. The van der Waals surface area contributed by atoms with Crippen LogP contribution in [0.4, 0.5) is 5.69 Å². The highest BCUT2D eigenvalue weighted by Crippen LogP contribution is 2.19. The van der Waals surface area contributed by atoms with E-state index in [1.54, 1.807) is 16.0 Å². The predicted molar refractivity (Wildman–Crippen MR) is 101 cm³/mol. The average Bonchev–Trinajstić information content (AvgIpc) is 3.34. The fraction of sp³-hybridized carbons (Fsp3) is 0.235. The fourth-order valence-corrected chi connectivity index (χ4v) is 3.80. The number of thiophene rings is 1. The molecule has 3 rings (SSSR count). The van der Waals surface area contributed by atoms with E-state index in [1.165, 1.54) is 21.5 Å². The van der Waals surface area contributed by atoms with Crippen molar-refractivity contribution < 1.29 is 4.79 Å². The van der Waals surface area contributed by atoms with Crippen LogP contribution >= 0.6 is 23.1 Å². The van der Waals surface area contributed by atoms with Crippen LogP contribution in [0, 0.1) is 11.3 Å². The first-order chi connectivity index (χ1) is 12.8. The van der Waals surface area contributed by atoms with Gasteiger partial charge in [-0.15, -0.1) is 16.4 Å². The number of hydrogen-bond acceptors (Lipinski definition) is 7. The summed E-state index contributed by atoms with van der Waals surface area (Å²) in [5, 5.41) is 23.4. The van der Waals surface area contributed by atoms with Crippen molar-refractivity contribution in [3.63, 3.8) is 0 Å². The van der Waals surface area contributed by atoms with Crippen molar-refractivity contribution in [3.05, 3.63) is 52.7 Å². The maximum atomic E-state index is 12.6. The number of nitrogens with zero attached hydrogens (tertiary/aromatic N) is 6. The number of carbonyl (C=O) groups is 1. The molecule has 0 fully saturated rings. The van der Waals surface area contributed by atoms with Gasteiger partial charge in [0.25, 0.3) is 0 Å². The minimum atomic E-state index is -0.157. The Morgan fingerprint density at radius 2 is 2.12 bits per heavy atom. The maximum Gasteiger partial charge on any atom is 0.238 e. The van der Waals surface area contributed by atoms with Crippen LogP contribution in [0.3, 0.4) is 0 Å². The lowest BCUT2D eigenvalue weighted by Crippen LogP contribution is -2.32. The van der Waals surface area contributed by atoms with Crippen molar-refractivity contribution in [1.82, 2.24) is 20.2 Å².